The van der Waals surface area contributed by atoms with Gasteiger partial charge < -0.3 is 13.9 Å². The Morgan fingerprint density at radius 2 is 2.15 bits per heavy atom. The van der Waals surface area contributed by atoms with Gasteiger partial charge in [0.1, 0.15) is 30.7 Å². The van der Waals surface area contributed by atoms with Gasteiger partial charge in [-0.1, -0.05) is 0 Å². The molecule has 1 aliphatic heterocycles. The Morgan fingerprint density at radius 3 is 2.80 bits per heavy atom. The summed E-state index contributed by atoms with van der Waals surface area (Å²) in [5, 5.41) is 14.5. The van der Waals surface area contributed by atoms with Crippen LogP contribution in [0.3, 0.4) is 0 Å². The third-order valence-corrected chi connectivity index (χ3v) is 2.90. The van der Waals surface area contributed by atoms with Gasteiger partial charge in [0, 0.05) is 6.92 Å². The summed E-state index contributed by atoms with van der Waals surface area (Å²) >= 11 is 0. The van der Waals surface area contributed by atoms with E-state index in [0.717, 1.165) is 0 Å². The van der Waals surface area contributed by atoms with E-state index in [1.54, 1.807) is 19.1 Å². The maximum Gasteiger partial charge on any atom is 0.307 e. The molecule has 0 aliphatic carbocycles. The monoisotopic (exact) mass is 277 g/mol. The molecule has 0 amide bonds. The molecule has 2 aromatic rings. The number of hydrogen-bond donors (Lipinski definition) is 0. The molecule has 104 valence electrons. The fourth-order valence-electron chi connectivity index (χ4n) is 1.86. The van der Waals surface area contributed by atoms with Crippen molar-refractivity contribution in [2.24, 2.45) is 0 Å². The molecule has 0 unspecified atom stereocenters. The van der Waals surface area contributed by atoms with Gasteiger partial charge in [-0.05, 0) is 12.1 Å². The number of hydrogen-bond acceptors (Lipinski definition) is 6. The van der Waals surface area contributed by atoms with Gasteiger partial charge in [0.05, 0.1) is 11.5 Å². The van der Waals surface area contributed by atoms with E-state index in [4.69, 9.17) is 13.9 Å². The molecule has 1 aliphatic rings. The van der Waals surface area contributed by atoms with Crippen LogP contribution in [0.1, 0.15) is 18.4 Å². The normalized spacial score (nSPS) is 15.8. The smallest absolute Gasteiger partial charge is 0.307 e. The van der Waals surface area contributed by atoms with Crippen molar-refractivity contribution in [1.82, 2.24) is 9.78 Å². The Bertz CT molecular complexity index is 664. The molecule has 2 aromatic heterocycles. The first-order chi connectivity index (χ1) is 9.57. The Balaban J connectivity index is 1.75. The Morgan fingerprint density at radius 1 is 1.40 bits per heavy atom. The van der Waals surface area contributed by atoms with Crippen LogP contribution in [-0.4, -0.2) is 14.7 Å². The Hall–Kier alpha value is -2.77. The molecule has 0 atom stereocenters. The number of rotatable bonds is 4. The van der Waals surface area contributed by atoms with E-state index in [2.05, 4.69) is 5.10 Å². The van der Waals surface area contributed by atoms with E-state index in [1.807, 2.05) is 0 Å². The molecule has 3 heterocycles. The predicted octanol–water partition coefficient (Wildman–Crippen LogP) is 2.12. The van der Waals surface area contributed by atoms with E-state index >= 15 is 0 Å². The molecule has 0 aromatic carbocycles. The summed E-state index contributed by atoms with van der Waals surface area (Å²) in [6.07, 6.45) is 5.42. The van der Waals surface area contributed by atoms with E-state index < -0.39 is 10.7 Å². The maximum atomic E-state index is 10.6. The third kappa shape index (κ3) is 2.11. The van der Waals surface area contributed by atoms with E-state index in [-0.39, 0.29) is 12.2 Å². The van der Waals surface area contributed by atoms with Crippen molar-refractivity contribution in [3.63, 3.8) is 0 Å². The zero-order valence-electron chi connectivity index (χ0n) is 10.6. The molecule has 8 nitrogen and oxygen atoms in total. The molecule has 0 N–H and O–H groups in total. The molecule has 8 heteroatoms. The largest absolute Gasteiger partial charge is 0.456 e. The second-order valence-corrected chi connectivity index (χ2v) is 4.37. The van der Waals surface area contributed by atoms with Crippen molar-refractivity contribution in [3.05, 3.63) is 58.7 Å². The summed E-state index contributed by atoms with van der Waals surface area (Å²) in [7, 11) is 0. The first kappa shape index (κ1) is 12.3. The van der Waals surface area contributed by atoms with Crippen LogP contribution >= 0.6 is 0 Å². The highest BCUT2D eigenvalue weighted by molar-refractivity contribution is 5.21. The maximum absolute atomic E-state index is 10.6. The first-order valence-electron chi connectivity index (χ1n) is 5.83. The number of aromatic nitrogens is 2. The predicted molar refractivity (Wildman–Crippen MR) is 65.4 cm³/mol. The van der Waals surface area contributed by atoms with Crippen LogP contribution in [0.2, 0.25) is 0 Å². The van der Waals surface area contributed by atoms with Crippen LogP contribution in [0.4, 0.5) is 5.69 Å². The molecule has 0 fully saturated rings. The summed E-state index contributed by atoms with van der Waals surface area (Å²) in [6.45, 7) is 2.02. The Kier molecular flexibility index (Phi) is 2.70. The molecule has 0 bridgehead atoms. The lowest BCUT2D eigenvalue weighted by atomic mass is 10.2. The standard InChI is InChI=1S/C12H11N3O5/c1-12(18-4-5-19-12)11-3-2-10(20-11)8-14-7-9(6-13-14)15(16)17/h2-7H,8H2,1H3. The van der Waals surface area contributed by atoms with E-state index in [1.165, 1.54) is 29.6 Å². The van der Waals surface area contributed by atoms with Crippen molar-refractivity contribution in [2.75, 3.05) is 0 Å². The van der Waals surface area contributed by atoms with Crippen molar-refractivity contribution in [3.8, 4) is 0 Å². The summed E-state index contributed by atoms with van der Waals surface area (Å²) in [5.74, 6) is 0.145. The van der Waals surface area contributed by atoms with Gasteiger partial charge in [0.2, 0.25) is 0 Å². The highest BCUT2D eigenvalue weighted by atomic mass is 16.7. The van der Waals surface area contributed by atoms with Crippen LogP contribution in [0, 0.1) is 10.1 Å². The molecule has 0 radical (unpaired) electrons. The lowest BCUT2D eigenvalue weighted by molar-refractivity contribution is -0.385. The van der Waals surface area contributed by atoms with Crippen LogP contribution < -0.4 is 0 Å². The average Bonchev–Trinajstić information content (AvgIpc) is 3.10. The van der Waals surface area contributed by atoms with E-state index in [9.17, 15) is 10.1 Å². The van der Waals surface area contributed by atoms with Gasteiger partial charge in [0.25, 0.3) is 0 Å². The second kappa shape index (κ2) is 4.41. The quantitative estimate of drug-likeness (QED) is 0.627. The fourth-order valence-corrected chi connectivity index (χ4v) is 1.86. The average molecular weight is 277 g/mol. The summed E-state index contributed by atoms with van der Waals surface area (Å²) in [6, 6.07) is 3.49. The van der Waals surface area contributed by atoms with Gasteiger partial charge in [-0.3, -0.25) is 14.8 Å². The van der Waals surface area contributed by atoms with Gasteiger partial charge in [-0.2, -0.15) is 5.10 Å². The lowest BCUT2D eigenvalue weighted by Crippen LogP contribution is -2.21. The van der Waals surface area contributed by atoms with Crippen LogP contribution in [0.5, 0.6) is 0 Å². The molecular weight excluding hydrogens is 266 g/mol. The van der Waals surface area contributed by atoms with Gasteiger partial charge >= 0.3 is 11.5 Å². The van der Waals surface area contributed by atoms with Gasteiger partial charge in [-0.25, -0.2) is 0 Å². The van der Waals surface area contributed by atoms with E-state index in [0.29, 0.717) is 11.5 Å². The SMILES string of the molecule is CC1(c2ccc(Cn3cc([N+](=O)[O-])cn3)o2)OC=CO1. The summed E-state index contributed by atoms with van der Waals surface area (Å²) < 4.78 is 17.7. The van der Waals surface area contributed by atoms with Crippen molar-refractivity contribution < 1.29 is 18.8 Å². The van der Waals surface area contributed by atoms with Crippen molar-refractivity contribution >= 4 is 5.69 Å². The molecule has 3 rings (SSSR count). The molecule has 0 saturated heterocycles. The number of nitro groups is 1. The molecule has 0 saturated carbocycles. The summed E-state index contributed by atoms with van der Waals surface area (Å²) in [5.41, 5.74) is -0.0598. The third-order valence-electron chi connectivity index (χ3n) is 2.90. The molecule has 0 spiro atoms. The highest BCUT2D eigenvalue weighted by Gasteiger charge is 2.35. The van der Waals surface area contributed by atoms with Crippen LogP contribution in [0.25, 0.3) is 0 Å². The second-order valence-electron chi connectivity index (χ2n) is 4.37. The minimum Gasteiger partial charge on any atom is -0.456 e. The zero-order valence-corrected chi connectivity index (χ0v) is 10.6. The number of ether oxygens (including phenoxy) is 2. The summed E-state index contributed by atoms with van der Waals surface area (Å²) in [4.78, 5) is 10.1. The fraction of sp³-hybridized carbons (Fsp3) is 0.250. The lowest BCUT2D eigenvalue weighted by Gasteiger charge is -2.19. The number of nitrogens with zero attached hydrogens (tertiary/aromatic N) is 3. The van der Waals surface area contributed by atoms with Crippen LogP contribution in [0.15, 0.2) is 41.5 Å². The van der Waals surface area contributed by atoms with Crippen molar-refractivity contribution in [2.45, 2.75) is 19.3 Å². The van der Waals surface area contributed by atoms with Gasteiger partial charge in [0.15, 0.2) is 5.76 Å². The highest BCUT2D eigenvalue weighted by Crippen LogP contribution is 2.32. The Labute approximate surface area is 113 Å². The van der Waals surface area contributed by atoms with Crippen molar-refractivity contribution in [1.29, 1.82) is 0 Å². The minimum absolute atomic E-state index is 0.0598. The minimum atomic E-state index is -0.964. The van der Waals surface area contributed by atoms with Gasteiger partial charge in [-0.15, -0.1) is 0 Å². The first-order valence-corrected chi connectivity index (χ1v) is 5.83. The van der Waals surface area contributed by atoms with Crippen LogP contribution in [-0.2, 0) is 21.8 Å². The number of furan rings is 1. The zero-order chi connectivity index (χ0) is 14.2. The molecule has 20 heavy (non-hydrogen) atoms. The molecular formula is C12H11N3O5. The topological polar surface area (TPSA) is 92.6 Å².